The Labute approximate surface area is 169 Å². The van der Waals surface area contributed by atoms with Crippen molar-refractivity contribution in [3.63, 3.8) is 0 Å². The highest BCUT2D eigenvalue weighted by atomic mass is 35.5. The maximum atomic E-state index is 13.4. The summed E-state index contributed by atoms with van der Waals surface area (Å²) in [4.78, 5) is -0.00130. The van der Waals surface area contributed by atoms with E-state index in [0.717, 1.165) is 17.7 Å². The van der Waals surface area contributed by atoms with Gasteiger partial charge in [0, 0.05) is 5.02 Å². The van der Waals surface area contributed by atoms with Crippen molar-refractivity contribution in [3.05, 3.63) is 89.2 Å². The molecular formula is C21H19ClFNO3S. The van der Waals surface area contributed by atoms with Crippen molar-refractivity contribution in [1.82, 2.24) is 0 Å². The van der Waals surface area contributed by atoms with Crippen LogP contribution in [-0.4, -0.2) is 15.5 Å². The quantitative estimate of drug-likeness (QED) is 0.534. The second-order valence-corrected chi connectivity index (χ2v) is 8.44. The first-order valence-corrected chi connectivity index (χ1v) is 10.3. The lowest BCUT2D eigenvalue weighted by atomic mass is 10.1. The zero-order valence-electron chi connectivity index (χ0n) is 15.3. The number of halogens is 2. The number of rotatable bonds is 6. The highest BCUT2D eigenvalue weighted by molar-refractivity contribution is 7.92. The Morgan fingerprint density at radius 3 is 2.25 bits per heavy atom. The first-order chi connectivity index (χ1) is 13.3. The minimum Gasteiger partial charge on any atom is -0.497 e. The maximum Gasteiger partial charge on any atom is 0.264 e. The van der Waals surface area contributed by atoms with Crippen molar-refractivity contribution in [3.8, 4) is 5.75 Å². The Balaban J connectivity index is 2.14. The van der Waals surface area contributed by atoms with E-state index in [1.165, 1.54) is 16.4 Å². The first kappa shape index (κ1) is 20.2. The normalized spacial score (nSPS) is 12.4. The molecule has 0 bridgehead atoms. The second-order valence-electron chi connectivity index (χ2n) is 6.18. The Morgan fingerprint density at radius 2 is 1.64 bits per heavy atom. The number of anilines is 1. The van der Waals surface area contributed by atoms with E-state index in [1.807, 2.05) is 6.07 Å². The van der Waals surface area contributed by atoms with Gasteiger partial charge in [0.2, 0.25) is 0 Å². The van der Waals surface area contributed by atoms with E-state index in [0.29, 0.717) is 16.5 Å². The molecule has 0 radical (unpaired) electrons. The topological polar surface area (TPSA) is 46.6 Å². The monoisotopic (exact) mass is 419 g/mol. The van der Waals surface area contributed by atoms with Gasteiger partial charge in [0.15, 0.2) is 0 Å². The highest BCUT2D eigenvalue weighted by Crippen LogP contribution is 2.34. The van der Waals surface area contributed by atoms with Crippen LogP contribution >= 0.6 is 11.6 Å². The van der Waals surface area contributed by atoms with Crippen molar-refractivity contribution in [1.29, 1.82) is 0 Å². The van der Waals surface area contributed by atoms with E-state index >= 15 is 0 Å². The summed E-state index contributed by atoms with van der Waals surface area (Å²) in [5.74, 6) is 0.123. The number of nitrogens with zero attached hydrogens (tertiary/aromatic N) is 1. The number of sulfonamides is 1. The third-order valence-electron chi connectivity index (χ3n) is 4.38. The molecule has 0 aromatic heterocycles. The van der Waals surface area contributed by atoms with E-state index in [1.54, 1.807) is 56.5 Å². The van der Waals surface area contributed by atoms with Crippen LogP contribution in [0.25, 0.3) is 0 Å². The van der Waals surface area contributed by atoms with Crippen LogP contribution < -0.4 is 9.04 Å². The van der Waals surface area contributed by atoms with E-state index in [2.05, 4.69) is 0 Å². The fourth-order valence-corrected chi connectivity index (χ4v) is 4.69. The van der Waals surface area contributed by atoms with E-state index in [4.69, 9.17) is 16.3 Å². The van der Waals surface area contributed by atoms with Crippen LogP contribution in [0.3, 0.4) is 0 Å². The smallest absolute Gasteiger partial charge is 0.264 e. The molecule has 7 heteroatoms. The maximum absolute atomic E-state index is 13.4. The van der Waals surface area contributed by atoms with Crippen molar-refractivity contribution in [2.24, 2.45) is 0 Å². The standard InChI is InChI=1S/C21H19ClFNO3S/c1-15(16-4-3-5-20(14-16)27-2)24(19-10-6-17(22)7-11-19)28(25,26)21-12-8-18(23)9-13-21/h3-15H,1-2H3/t15-/m1/s1. The molecule has 1 atom stereocenters. The Hall–Kier alpha value is -2.57. The molecule has 0 saturated heterocycles. The zero-order valence-corrected chi connectivity index (χ0v) is 16.9. The van der Waals surface area contributed by atoms with Gasteiger partial charge in [0.25, 0.3) is 10.0 Å². The minimum atomic E-state index is -3.97. The van der Waals surface area contributed by atoms with Gasteiger partial charge in [0.05, 0.1) is 23.7 Å². The molecule has 0 aliphatic heterocycles. The number of methoxy groups -OCH3 is 1. The number of ether oxygens (including phenoxy) is 1. The molecular weight excluding hydrogens is 401 g/mol. The van der Waals surface area contributed by atoms with Crippen LogP contribution in [-0.2, 0) is 10.0 Å². The van der Waals surface area contributed by atoms with Gasteiger partial charge >= 0.3 is 0 Å². The zero-order chi connectivity index (χ0) is 20.3. The van der Waals surface area contributed by atoms with Gasteiger partial charge in [-0.15, -0.1) is 0 Å². The molecule has 28 heavy (non-hydrogen) atoms. The lowest BCUT2D eigenvalue weighted by molar-refractivity contribution is 0.414. The predicted molar refractivity (Wildman–Crippen MR) is 109 cm³/mol. The molecule has 0 amide bonds. The minimum absolute atomic E-state index is 0.00130. The number of hydrogen-bond acceptors (Lipinski definition) is 3. The van der Waals surface area contributed by atoms with Crippen LogP contribution in [0.5, 0.6) is 5.75 Å². The van der Waals surface area contributed by atoms with Crippen molar-refractivity contribution in [2.45, 2.75) is 17.9 Å². The van der Waals surface area contributed by atoms with E-state index in [9.17, 15) is 12.8 Å². The van der Waals surface area contributed by atoms with Crippen LogP contribution in [0.2, 0.25) is 5.02 Å². The summed E-state index contributed by atoms with van der Waals surface area (Å²) in [6.45, 7) is 1.78. The molecule has 3 aromatic rings. The fraction of sp³-hybridized carbons (Fsp3) is 0.143. The van der Waals surface area contributed by atoms with Gasteiger partial charge in [-0.25, -0.2) is 12.8 Å². The van der Waals surface area contributed by atoms with E-state index < -0.39 is 21.9 Å². The van der Waals surface area contributed by atoms with Crippen molar-refractivity contribution >= 4 is 27.3 Å². The molecule has 0 saturated carbocycles. The second kappa shape index (κ2) is 8.20. The third-order valence-corrected chi connectivity index (χ3v) is 6.54. The van der Waals surface area contributed by atoms with E-state index in [-0.39, 0.29) is 4.90 Å². The van der Waals surface area contributed by atoms with Gasteiger partial charge in [-0.05, 0) is 73.2 Å². The first-order valence-electron chi connectivity index (χ1n) is 8.52. The lowest BCUT2D eigenvalue weighted by Crippen LogP contribution is -2.33. The molecule has 4 nitrogen and oxygen atoms in total. The van der Waals surface area contributed by atoms with Gasteiger partial charge in [-0.3, -0.25) is 4.31 Å². The summed E-state index contributed by atoms with van der Waals surface area (Å²) in [5, 5.41) is 0.497. The molecule has 0 unspecified atom stereocenters. The summed E-state index contributed by atoms with van der Waals surface area (Å²) in [6.07, 6.45) is 0. The summed E-state index contributed by atoms with van der Waals surface area (Å²) >= 11 is 5.98. The fourth-order valence-electron chi connectivity index (χ4n) is 2.92. The molecule has 0 spiro atoms. The van der Waals surface area contributed by atoms with Crippen LogP contribution in [0.1, 0.15) is 18.5 Å². The Kier molecular flexibility index (Phi) is 5.91. The molecule has 0 N–H and O–H groups in total. The van der Waals surface area contributed by atoms with Crippen LogP contribution in [0, 0.1) is 5.82 Å². The van der Waals surface area contributed by atoms with Crippen LogP contribution in [0.4, 0.5) is 10.1 Å². The number of benzene rings is 3. The average Bonchev–Trinajstić information content (AvgIpc) is 2.70. The molecule has 0 fully saturated rings. The molecule has 0 aliphatic carbocycles. The SMILES string of the molecule is COc1cccc([C@@H](C)N(c2ccc(Cl)cc2)S(=O)(=O)c2ccc(F)cc2)c1. The lowest BCUT2D eigenvalue weighted by Gasteiger charge is -2.31. The van der Waals surface area contributed by atoms with Gasteiger partial charge < -0.3 is 4.74 Å². The van der Waals surface area contributed by atoms with Gasteiger partial charge in [-0.2, -0.15) is 0 Å². The van der Waals surface area contributed by atoms with Crippen LogP contribution in [0.15, 0.2) is 77.7 Å². The Morgan fingerprint density at radius 1 is 1.00 bits per heavy atom. The number of hydrogen-bond donors (Lipinski definition) is 0. The largest absolute Gasteiger partial charge is 0.497 e. The Bertz CT molecular complexity index is 1050. The van der Waals surface area contributed by atoms with Crippen molar-refractivity contribution < 1.29 is 17.5 Å². The van der Waals surface area contributed by atoms with Gasteiger partial charge in [0.1, 0.15) is 11.6 Å². The summed E-state index contributed by atoms with van der Waals surface area (Å²) in [7, 11) is -2.42. The molecule has 0 heterocycles. The third kappa shape index (κ3) is 4.13. The molecule has 0 aliphatic rings. The average molecular weight is 420 g/mol. The molecule has 3 aromatic carbocycles. The summed E-state index contributed by atoms with van der Waals surface area (Å²) in [5.41, 5.74) is 1.20. The molecule has 146 valence electrons. The van der Waals surface area contributed by atoms with Crippen molar-refractivity contribution in [2.75, 3.05) is 11.4 Å². The molecule has 3 rings (SSSR count). The summed E-state index contributed by atoms with van der Waals surface area (Å²) < 4.78 is 46.7. The van der Waals surface area contributed by atoms with Gasteiger partial charge in [-0.1, -0.05) is 23.7 Å². The highest BCUT2D eigenvalue weighted by Gasteiger charge is 2.30. The predicted octanol–water partition coefficient (Wildman–Crippen LogP) is 5.44. The summed E-state index contributed by atoms with van der Waals surface area (Å²) in [6, 6.07) is 18.0.